The molecule has 2 amide bonds. The molecule has 0 radical (unpaired) electrons. The molecule has 1 aliphatic heterocycles. The number of methoxy groups -OCH3 is 1. The molecular formula is C26H21N3O4. The van der Waals surface area contributed by atoms with Crippen LogP contribution in [0.5, 0.6) is 5.75 Å². The molecule has 0 fully saturated rings. The number of ketones is 1. The number of allylic oxidation sites excluding steroid dienone is 1. The SMILES string of the molecule is COc1cccc(C(=O)/C=C2\N=c3ccc(C(=O)Nc4ccc(C)c(C)c4)cc3=NC2=O)c1. The van der Waals surface area contributed by atoms with Crippen LogP contribution in [0.4, 0.5) is 5.69 Å². The number of hydrogen-bond acceptors (Lipinski definition) is 5. The number of aryl methyl sites for hydroxylation is 2. The Balaban J connectivity index is 1.60. The van der Waals surface area contributed by atoms with E-state index in [-0.39, 0.29) is 22.7 Å². The first-order chi connectivity index (χ1) is 15.8. The summed E-state index contributed by atoms with van der Waals surface area (Å²) in [7, 11) is 1.51. The van der Waals surface area contributed by atoms with Gasteiger partial charge in [0.1, 0.15) is 11.4 Å². The van der Waals surface area contributed by atoms with E-state index in [9.17, 15) is 14.4 Å². The van der Waals surface area contributed by atoms with Gasteiger partial charge in [-0.05, 0) is 67.4 Å². The maximum absolute atomic E-state index is 12.7. The Labute approximate surface area is 190 Å². The van der Waals surface area contributed by atoms with Crippen molar-refractivity contribution < 1.29 is 19.1 Å². The second-order valence-electron chi connectivity index (χ2n) is 7.61. The lowest BCUT2D eigenvalue weighted by molar-refractivity contribution is -0.114. The van der Waals surface area contributed by atoms with Gasteiger partial charge >= 0.3 is 0 Å². The molecule has 3 aromatic rings. The first-order valence-corrected chi connectivity index (χ1v) is 10.2. The number of carbonyl (C=O) groups is 3. The predicted octanol–water partition coefficient (Wildman–Crippen LogP) is 3.11. The Morgan fingerprint density at radius 2 is 1.70 bits per heavy atom. The number of fused-ring (bicyclic) bond motifs is 1. The number of nitrogens with zero attached hydrogens (tertiary/aromatic N) is 2. The van der Waals surface area contributed by atoms with Crippen molar-refractivity contribution in [2.45, 2.75) is 13.8 Å². The zero-order valence-electron chi connectivity index (χ0n) is 18.4. The topological polar surface area (TPSA) is 97.2 Å². The Bertz CT molecular complexity index is 1450. The molecule has 7 heteroatoms. The van der Waals surface area contributed by atoms with Crippen molar-refractivity contribution in [3.8, 4) is 5.75 Å². The average molecular weight is 439 g/mol. The van der Waals surface area contributed by atoms with Crippen LogP contribution in [0.1, 0.15) is 31.8 Å². The minimum Gasteiger partial charge on any atom is -0.497 e. The van der Waals surface area contributed by atoms with Gasteiger partial charge in [0.25, 0.3) is 11.8 Å². The third-order valence-electron chi connectivity index (χ3n) is 5.31. The number of ether oxygens (including phenoxy) is 1. The maximum atomic E-state index is 12.7. The van der Waals surface area contributed by atoms with Gasteiger partial charge in [-0.2, -0.15) is 0 Å². The van der Waals surface area contributed by atoms with Gasteiger partial charge in [-0.15, -0.1) is 0 Å². The Morgan fingerprint density at radius 3 is 2.45 bits per heavy atom. The molecule has 0 atom stereocenters. The smallest absolute Gasteiger partial charge is 0.296 e. The summed E-state index contributed by atoms with van der Waals surface area (Å²) in [6.45, 7) is 3.97. The summed E-state index contributed by atoms with van der Waals surface area (Å²) in [6, 6.07) is 17.0. The van der Waals surface area contributed by atoms with E-state index in [1.54, 1.807) is 36.4 Å². The summed E-state index contributed by atoms with van der Waals surface area (Å²) < 4.78 is 5.13. The fourth-order valence-corrected chi connectivity index (χ4v) is 3.29. The summed E-state index contributed by atoms with van der Waals surface area (Å²) in [6.07, 6.45) is 1.16. The van der Waals surface area contributed by atoms with Gasteiger partial charge in [0.15, 0.2) is 5.78 Å². The molecule has 1 N–H and O–H groups in total. The van der Waals surface area contributed by atoms with Crippen molar-refractivity contribution in [3.05, 3.63) is 105 Å². The molecule has 0 aliphatic carbocycles. The zero-order valence-corrected chi connectivity index (χ0v) is 18.4. The third-order valence-corrected chi connectivity index (χ3v) is 5.31. The molecule has 0 aromatic heterocycles. The highest BCUT2D eigenvalue weighted by molar-refractivity contribution is 6.10. The molecule has 0 bridgehead atoms. The van der Waals surface area contributed by atoms with Crippen molar-refractivity contribution in [1.29, 1.82) is 0 Å². The first-order valence-electron chi connectivity index (χ1n) is 10.2. The van der Waals surface area contributed by atoms with Gasteiger partial charge in [-0.3, -0.25) is 14.4 Å². The van der Waals surface area contributed by atoms with Crippen molar-refractivity contribution >= 4 is 23.3 Å². The summed E-state index contributed by atoms with van der Waals surface area (Å²) in [5, 5.41) is 3.53. The van der Waals surface area contributed by atoms with E-state index in [0.717, 1.165) is 17.2 Å². The van der Waals surface area contributed by atoms with Crippen molar-refractivity contribution in [3.63, 3.8) is 0 Å². The normalized spacial score (nSPS) is 13.5. The number of hydrogen-bond donors (Lipinski definition) is 1. The summed E-state index contributed by atoms with van der Waals surface area (Å²) in [5.41, 5.74) is 3.53. The van der Waals surface area contributed by atoms with Gasteiger partial charge in [-0.25, -0.2) is 9.98 Å². The molecule has 0 saturated heterocycles. The number of anilines is 1. The number of carbonyl (C=O) groups excluding carboxylic acids is 3. The molecular weight excluding hydrogens is 418 g/mol. The van der Waals surface area contributed by atoms with Gasteiger partial charge in [0, 0.05) is 22.9 Å². The van der Waals surface area contributed by atoms with Crippen molar-refractivity contribution in [2.75, 3.05) is 12.4 Å². The van der Waals surface area contributed by atoms with E-state index in [0.29, 0.717) is 27.9 Å². The van der Waals surface area contributed by atoms with Crippen molar-refractivity contribution in [1.82, 2.24) is 0 Å². The molecule has 1 heterocycles. The summed E-state index contributed by atoms with van der Waals surface area (Å²) >= 11 is 0. The zero-order chi connectivity index (χ0) is 23.5. The second kappa shape index (κ2) is 9.00. The number of nitrogens with one attached hydrogen (secondary N) is 1. The van der Waals surface area contributed by atoms with Crippen LogP contribution < -0.4 is 20.8 Å². The minimum atomic E-state index is -0.648. The fraction of sp³-hybridized carbons (Fsp3) is 0.115. The molecule has 7 nitrogen and oxygen atoms in total. The van der Waals surface area contributed by atoms with Gasteiger partial charge in [0.2, 0.25) is 0 Å². The van der Waals surface area contributed by atoms with Crippen LogP contribution >= 0.6 is 0 Å². The highest BCUT2D eigenvalue weighted by atomic mass is 16.5. The second-order valence-corrected chi connectivity index (χ2v) is 7.61. The van der Waals surface area contributed by atoms with Crippen LogP contribution in [0.15, 0.2) is 82.4 Å². The van der Waals surface area contributed by atoms with E-state index in [4.69, 9.17) is 4.74 Å². The lowest BCUT2D eigenvalue weighted by atomic mass is 10.1. The number of amides is 2. The Kier molecular flexibility index (Phi) is 5.95. The van der Waals surface area contributed by atoms with Crippen LogP contribution in [0, 0.1) is 13.8 Å². The molecule has 1 aliphatic rings. The largest absolute Gasteiger partial charge is 0.497 e. The third kappa shape index (κ3) is 4.77. The van der Waals surface area contributed by atoms with E-state index < -0.39 is 5.91 Å². The van der Waals surface area contributed by atoms with E-state index in [2.05, 4.69) is 15.3 Å². The fourth-order valence-electron chi connectivity index (χ4n) is 3.29. The number of rotatable bonds is 5. The average Bonchev–Trinajstić information content (AvgIpc) is 2.81. The van der Waals surface area contributed by atoms with Gasteiger partial charge in [-0.1, -0.05) is 18.2 Å². The quantitative estimate of drug-likeness (QED) is 0.488. The van der Waals surface area contributed by atoms with Crippen LogP contribution in [0.2, 0.25) is 0 Å². The molecule has 164 valence electrons. The maximum Gasteiger partial charge on any atom is 0.296 e. The number of benzene rings is 3. The lowest BCUT2D eigenvalue weighted by Crippen LogP contribution is -2.32. The molecule has 0 spiro atoms. The van der Waals surface area contributed by atoms with E-state index in [1.165, 1.54) is 13.2 Å². The molecule has 4 rings (SSSR count). The van der Waals surface area contributed by atoms with Gasteiger partial charge in [0.05, 0.1) is 17.8 Å². The van der Waals surface area contributed by atoms with Crippen LogP contribution in [0.25, 0.3) is 0 Å². The van der Waals surface area contributed by atoms with E-state index >= 15 is 0 Å². The highest BCUT2D eigenvalue weighted by Crippen LogP contribution is 2.16. The lowest BCUT2D eigenvalue weighted by Gasteiger charge is -2.08. The highest BCUT2D eigenvalue weighted by Gasteiger charge is 2.16. The summed E-state index contributed by atoms with van der Waals surface area (Å²) in [4.78, 5) is 46.0. The predicted molar refractivity (Wildman–Crippen MR) is 123 cm³/mol. The van der Waals surface area contributed by atoms with E-state index in [1.807, 2.05) is 32.0 Å². The standard InChI is InChI=1S/C26H21N3O4/c1-15-7-9-19(11-16(15)2)27-25(31)18-8-10-21-22(13-18)29-26(32)23(28-21)14-24(30)17-5-4-6-20(12-17)33-3/h4-14H,1-3H3,(H,27,31)/b23-14-. The van der Waals surface area contributed by atoms with Crippen LogP contribution in [-0.2, 0) is 4.79 Å². The van der Waals surface area contributed by atoms with Gasteiger partial charge < -0.3 is 10.1 Å². The molecule has 3 aromatic carbocycles. The van der Waals surface area contributed by atoms with Crippen molar-refractivity contribution in [2.24, 2.45) is 9.98 Å². The summed E-state index contributed by atoms with van der Waals surface area (Å²) in [5.74, 6) is -0.819. The minimum absolute atomic E-state index is 0.0670. The van der Waals surface area contributed by atoms with Crippen LogP contribution in [-0.4, -0.2) is 24.7 Å². The molecule has 33 heavy (non-hydrogen) atoms. The van der Waals surface area contributed by atoms with Crippen LogP contribution in [0.3, 0.4) is 0 Å². The first kappa shape index (κ1) is 21.8. The monoisotopic (exact) mass is 439 g/mol. The Morgan fingerprint density at radius 1 is 0.879 bits per heavy atom. The molecule has 0 unspecified atom stereocenters. The Hall–Kier alpha value is -4.39. The molecule has 0 saturated carbocycles.